The Hall–Kier alpha value is -2.32. The van der Waals surface area contributed by atoms with Crippen LogP contribution in [0.4, 0.5) is 5.69 Å². The van der Waals surface area contributed by atoms with E-state index in [1.54, 1.807) is 24.3 Å². The third-order valence-corrected chi connectivity index (χ3v) is 2.95. The lowest BCUT2D eigenvalue weighted by Gasteiger charge is -2.14. The average Bonchev–Trinajstić information content (AvgIpc) is 2.47. The number of carbonyl (C=O) groups excluding carboxylic acids is 2. The second-order valence-corrected chi connectivity index (χ2v) is 4.68. The Morgan fingerprint density at radius 3 is 2.71 bits per heavy atom. The van der Waals surface area contributed by atoms with Crippen LogP contribution in [-0.4, -0.2) is 30.9 Å². The van der Waals surface area contributed by atoms with Crippen LogP contribution < -0.4 is 16.0 Å². The van der Waals surface area contributed by atoms with Crippen LogP contribution in [0, 0.1) is 12.3 Å². The molecule has 1 atom stereocenters. The van der Waals surface area contributed by atoms with Gasteiger partial charge in [0.2, 0.25) is 5.91 Å². The van der Waals surface area contributed by atoms with Crippen LogP contribution in [0.15, 0.2) is 24.3 Å². The molecule has 0 bridgehead atoms. The lowest BCUT2D eigenvalue weighted by Crippen LogP contribution is -2.33. The van der Waals surface area contributed by atoms with Gasteiger partial charge in [0.15, 0.2) is 0 Å². The van der Waals surface area contributed by atoms with Crippen molar-refractivity contribution in [2.24, 2.45) is 0 Å². The van der Waals surface area contributed by atoms with Crippen molar-refractivity contribution in [1.29, 1.82) is 0 Å². The predicted molar refractivity (Wildman–Crippen MR) is 84.0 cm³/mol. The zero-order chi connectivity index (χ0) is 15.7. The molecule has 5 nitrogen and oxygen atoms in total. The molecule has 0 radical (unpaired) electrons. The molecule has 3 N–H and O–H groups in total. The number of amides is 2. The van der Waals surface area contributed by atoms with Gasteiger partial charge in [-0.1, -0.05) is 25.0 Å². The van der Waals surface area contributed by atoms with Gasteiger partial charge in [-0.2, -0.15) is 0 Å². The van der Waals surface area contributed by atoms with Gasteiger partial charge in [0.1, 0.15) is 0 Å². The number of carbonyl (C=O) groups is 2. The molecule has 1 rings (SSSR count). The summed E-state index contributed by atoms with van der Waals surface area (Å²) in [6.45, 7) is 4.35. The minimum Gasteiger partial charge on any atom is -0.350 e. The second kappa shape index (κ2) is 8.77. The molecule has 0 spiro atoms. The summed E-state index contributed by atoms with van der Waals surface area (Å²) in [5.74, 6) is 1.95. The molecule has 1 aromatic rings. The maximum Gasteiger partial charge on any atom is 0.253 e. The molecular weight excluding hydrogens is 266 g/mol. The summed E-state index contributed by atoms with van der Waals surface area (Å²) in [4.78, 5) is 23.9. The van der Waals surface area contributed by atoms with E-state index in [0.29, 0.717) is 17.8 Å². The summed E-state index contributed by atoms with van der Waals surface area (Å²) < 4.78 is 0. The number of anilines is 1. The third kappa shape index (κ3) is 5.67. The Morgan fingerprint density at radius 2 is 2.05 bits per heavy atom. The lowest BCUT2D eigenvalue weighted by molar-refractivity contribution is -0.115. The van der Waals surface area contributed by atoms with E-state index in [4.69, 9.17) is 6.42 Å². The molecule has 2 amide bonds. The number of benzene rings is 1. The molecule has 0 saturated carbocycles. The molecule has 0 heterocycles. The molecule has 112 valence electrons. The summed E-state index contributed by atoms with van der Waals surface area (Å²) >= 11 is 0. The quantitative estimate of drug-likeness (QED) is 0.524. The summed E-state index contributed by atoms with van der Waals surface area (Å²) in [6.07, 6.45) is 5.94. The number of para-hydroxylation sites is 1. The van der Waals surface area contributed by atoms with E-state index in [-0.39, 0.29) is 24.4 Å². The van der Waals surface area contributed by atoms with E-state index in [9.17, 15) is 9.59 Å². The van der Waals surface area contributed by atoms with Crippen molar-refractivity contribution >= 4 is 17.5 Å². The van der Waals surface area contributed by atoms with E-state index in [2.05, 4.69) is 21.9 Å². The SMILES string of the molecule is C#CCNCC(=O)Nc1ccccc1C(=O)NC(C)CC. The molecule has 0 saturated heterocycles. The lowest BCUT2D eigenvalue weighted by atomic mass is 10.1. The van der Waals surface area contributed by atoms with Gasteiger partial charge in [0, 0.05) is 6.04 Å². The van der Waals surface area contributed by atoms with Crippen molar-refractivity contribution in [3.63, 3.8) is 0 Å². The monoisotopic (exact) mass is 287 g/mol. The summed E-state index contributed by atoms with van der Waals surface area (Å²) in [5, 5.41) is 8.39. The van der Waals surface area contributed by atoms with Crippen molar-refractivity contribution < 1.29 is 9.59 Å². The highest BCUT2D eigenvalue weighted by Crippen LogP contribution is 2.15. The van der Waals surface area contributed by atoms with Gasteiger partial charge in [-0.15, -0.1) is 6.42 Å². The fourth-order valence-corrected chi connectivity index (χ4v) is 1.64. The van der Waals surface area contributed by atoms with Crippen LogP contribution in [0.5, 0.6) is 0 Å². The topological polar surface area (TPSA) is 70.2 Å². The van der Waals surface area contributed by atoms with Crippen molar-refractivity contribution in [2.45, 2.75) is 26.3 Å². The smallest absolute Gasteiger partial charge is 0.253 e. The molecule has 0 aliphatic heterocycles. The van der Waals surface area contributed by atoms with E-state index in [1.165, 1.54) is 0 Å². The van der Waals surface area contributed by atoms with Crippen molar-refractivity contribution in [2.75, 3.05) is 18.4 Å². The Morgan fingerprint density at radius 1 is 1.33 bits per heavy atom. The minimum absolute atomic E-state index is 0.0820. The average molecular weight is 287 g/mol. The van der Waals surface area contributed by atoms with Gasteiger partial charge in [-0.25, -0.2) is 0 Å². The van der Waals surface area contributed by atoms with Crippen LogP contribution in [0.25, 0.3) is 0 Å². The molecular formula is C16H21N3O2. The van der Waals surface area contributed by atoms with Gasteiger partial charge in [0.05, 0.1) is 24.3 Å². The van der Waals surface area contributed by atoms with Crippen molar-refractivity contribution in [3.05, 3.63) is 29.8 Å². The van der Waals surface area contributed by atoms with Crippen LogP contribution >= 0.6 is 0 Å². The highest BCUT2D eigenvalue weighted by atomic mass is 16.2. The zero-order valence-electron chi connectivity index (χ0n) is 12.4. The first-order chi connectivity index (χ1) is 10.1. The molecule has 1 unspecified atom stereocenters. The molecule has 0 aromatic heterocycles. The highest BCUT2D eigenvalue weighted by Gasteiger charge is 2.14. The van der Waals surface area contributed by atoms with E-state index in [0.717, 1.165) is 6.42 Å². The van der Waals surface area contributed by atoms with E-state index >= 15 is 0 Å². The van der Waals surface area contributed by atoms with Gasteiger partial charge in [-0.05, 0) is 25.5 Å². The Bertz CT molecular complexity index is 535. The summed E-state index contributed by atoms with van der Waals surface area (Å²) in [5.41, 5.74) is 0.939. The van der Waals surface area contributed by atoms with E-state index in [1.807, 2.05) is 13.8 Å². The third-order valence-electron chi connectivity index (χ3n) is 2.95. The number of rotatable bonds is 7. The summed E-state index contributed by atoms with van der Waals surface area (Å²) in [7, 11) is 0. The molecule has 5 heteroatoms. The van der Waals surface area contributed by atoms with Crippen LogP contribution in [-0.2, 0) is 4.79 Å². The molecule has 21 heavy (non-hydrogen) atoms. The van der Waals surface area contributed by atoms with Crippen LogP contribution in [0.2, 0.25) is 0 Å². The number of hydrogen-bond acceptors (Lipinski definition) is 3. The fourth-order valence-electron chi connectivity index (χ4n) is 1.64. The van der Waals surface area contributed by atoms with E-state index < -0.39 is 0 Å². The van der Waals surface area contributed by atoms with Crippen molar-refractivity contribution in [3.8, 4) is 12.3 Å². The van der Waals surface area contributed by atoms with Crippen LogP contribution in [0.3, 0.4) is 0 Å². The predicted octanol–water partition coefficient (Wildman–Crippen LogP) is 1.38. The van der Waals surface area contributed by atoms with Gasteiger partial charge >= 0.3 is 0 Å². The fraction of sp³-hybridized carbons (Fsp3) is 0.375. The first kappa shape index (κ1) is 16.7. The second-order valence-electron chi connectivity index (χ2n) is 4.68. The standard InChI is InChI=1S/C16H21N3O2/c1-4-10-17-11-15(20)19-14-9-7-6-8-13(14)16(21)18-12(3)5-2/h1,6-9,12,17H,5,10-11H2,2-3H3,(H,18,21)(H,19,20). The Labute approximate surface area is 125 Å². The van der Waals surface area contributed by atoms with Gasteiger partial charge in [-0.3, -0.25) is 14.9 Å². The number of hydrogen-bond donors (Lipinski definition) is 3. The normalized spacial score (nSPS) is 11.3. The molecule has 0 aliphatic carbocycles. The molecule has 0 aliphatic rings. The van der Waals surface area contributed by atoms with Crippen molar-refractivity contribution in [1.82, 2.24) is 10.6 Å². The highest BCUT2D eigenvalue weighted by molar-refractivity contribution is 6.04. The maximum atomic E-state index is 12.2. The Kier molecular flexibility index (Phi) is 6.99. The summed E-state index contributed by atoms with van der Waals surface area (Å²) in [6, 6.07) is 6.99. The number of terminal acetylenes is 1. The van der Waals surface area contributed by atoms with Crippen LogP contribution in [0.1, 0.15) is 30.6 Å². The molecule has 1 aromatic carbocycles. The van der Waals surface area contributed by atoms with Gasteiger partial charge < -0.3 is 10.6 Å². The first-order valence-corrected chi connectivity index (χ1v) is 6.92. The Balaban J connectivity index is 2.73. The minimum atomic E-state index is -0.242. The first-order valence-electron chi connectivity index (χ1n) is 6.92. The number of nitrogens with one attached hydrogen (secondary N) is 3. The molecule has 0 fully saturated rings. The van der Waals surface area contributed by atoms with Gasteiger partial charge in [0.25, 0.3) is 5.91 Å². The largest absolute Gasteiger partial charge is 0.350 e. The zero-order valence-corrected chi connectivity index (χ0v) is 12.4. The maximum absolute atomic E-state index is 12.2.